The van der Waals surface area contributed by atoms with Crippen LogP contribution in [0.25, 0.3) is 10.4 Å². The minimum absolute atomic E-state index is 0.236. The quantitative estimate of drug-likeness (QED) is 0.450. The molecule has 4 nitrogen and oxygen atoms in total. The van der Waals surface area contributed by atoms with Crippen molar-refractivity contribution in [1.29, 1.82) is 0 Å². The molecule has 4 rings (SSSR count). The van der Waals surface area contributed by atoms with Crippen molar-refractivity contribution < 1.29 is 13.2 Å². The normalized spacial score (nSPS) is 15.5. The number of methoxy groups -OCH3 is 1. The van der Waals surface area contributed by atoms with Gasteiger partial charge in [0.2, 0.25) is 0 Å². The van der Waals surface area contributed by atoms with Crippen LogP contribution in [0.15, 0.2) is 65.6 Å². The minimum atomic E-state index is -3.82. The summed E-state index contributed by atoms with van der Waals surface area (Å²) in [5.41, 5.74) is 4.75. The van der Waals surface area contributed by atoms with Crippen molar-refractivity contribution >= 4 is 27.0 Å². The number of hydrogen-bond donors (Lipinski definition) is 0. The Morgan fingerprint density at radius 1 is 1.17 bits per heavy atom. The molecule has 0 saturated carbocycles. The summed E-state index contributed by atoms with van der Waals surface area (Å²) in [5.74, 6) is 0.620. The molecule has 3 aromatic rings. The summed E-state index contributed by atoms with van der Waals surface area (Å²) in [6.07, 6.45) is 0.854. The first kappa shape index (κ1) is 20.7. The summed E-state index contributed by atoms with van der Waals surface area (Å²) >= 11 is 1.67. The van der Waals surface area contributed by atoms with E-state index < -0.39 is 16.1 Å². The Kier molecular flexibility index (Phi) is 5.24. The second-order valence-corrected chi connectivity index (χ2v) is 10.5. The molecule has 2 aromatic carbocycles. The fourth-order valence-electron chi connectivity index (χ4n) is 3.93. The Balaban J connectivity index is 1.99. The first-order chi connectivity index (χ1) is 14.3. The van der Waals surface area contributed by atoms with E-state index in [9.17, 15) is 8.42 Å². The topological polar surface area (TPSA) is 46.6 Å². The highest BCUT2D eigenvalue weighted by atomic mass is 32.2. The van der Waals surface area contributed by atoms with Crippen LogP contribution in [0.3, 0.4) is 0 Å². The smallest absolute Gasteiger partial charge is 0.265 e. The third kappa shape index (κ3) is 3.24. The summed E-state index contributed by atoms with van der Waals surface area (Å²) < 4.78 is 34.5. The van der Waals surface area contributed by atoms with Crippen molar-refractivity contribution in [2.45, 2.75) is 38.1 Å². The van der Waals surface area contributed by atoms with Crippen LogP contribution in [-0.4, -0.2) is 15.5 Å². The monoisotopic (exact) mass is 439 g/mol. The zero-order valence-electron chi connectivity index (χ0n) is 17.6. The number of thiophene rings is 1. The molecule has 0 amide bonds. The molecule has 0 spiro atoms. The largest absolute Gasteiger partial charge is 0.497 e. The molecular weight excluding hydrogens is 414 g/mol. The summed E-state index contributed by atoms with van der Waals surface area (Å²) in [5, 5.41) is 0. The average molecular weight is 440 g/mol. The molecule has 1 unspecified atom stereocenters. The van der Waals surface area contributed by atoms with Gasteiger partial charge in [0.05, 0.1) is 28.6 Å². The van der Waals surface area contributed by atoms with Gasteiger partial charge in [-0.3, -0.25) is 4.31 Å². The number of fused-ring (bicyclic) bond motifs is 3. The van der Waals surface area contributed by atoms with Crippen LogP contribution in [0.1, 0.15) is 35.9 Å². The summed E-state index contributed by atoms with van der Waals surface area (Å²) in [6.45, 7) is 10.2. The van der Waals surface area contributed by atoms with Crippen LogP contribution in [0.4, 0.5) is 5.69 Å². The molecule has 6 heteroatoms. The van der Waals surface area contributed by atoms with Gasteiger partial charge < -0.3 is 4.74 Å². The van der Waals surface area contributed by atoms with E-state index in [2.05, 4.69) is 26.5 Å². The van der Waals surface area contributed by atoms with Crippen LogP contribution >= 0.6 is 11.3 Å². The van der Waals surface area contributed by atoms with Gasteiger partial charge in [0.25, 0.3) is 10.0 Å². The molecule has 2 heterocycles. The van der Waals surface area contributed by atoms with Gasteiger partial charge in [0.1, 0.15) is 5.75 Å². The second kappa shape index (κ2) is 7.60. The lowest BCUT2D eigenvalue weighted by Crippen LogP contribution is -2.37. The van der Waals surface area contributed by atoms with Crippen molar-refractivity contribution in [3.8, 4) is 16.2 Å². The molecule has 1 aliphatic rings. The summed E-state index contributed by atoms with van der Waals surface area (Å²) in [6, 6.07) is 14.3. The molecule has 1 atom stereocenters. The standard InChI is InChI=1S/C24H25NO3S2/c1-6-18-14-22-24(29-18)21-13-16(4)7-12-20(21)23(15(2)3)25(22)30(26,27)19-10-8-17(28-5)9-11-19/h7-14,23H,2,6H2,1,3-5H3. The Morgan fingerprint density at radius 2 is 1.87 bits per heavy atom. The molecule has 1 aliphatic heterocycles. The Morgan fingerprint density at radius 3 is 2.47 bits per heavy atom. The van der Waals surface area contributed by atoms with Gasteiger partial charge in [-0.15, -0.1) is 11.3 Å². The third-order valence-electron chi connectivity index (χ3n) is 5.41. The highest BCUT2D eigenvalue weighted by molar-refractivity contribution is 7.93. The van der Waals surface area contributed by atoms with E-state index in [-0.39, 0.29) is 4.90 Å². The fraction of sp³-hybridized carbons (Fsp3) is 0.250. The van der Waals surface area contributed by atoms with Crippen LogP contribution in [0.2, 0.25) is 0 Å². The molecule has 0 radical (unpaired) electrons. The van der Waals surface area contributed by atoms with Gasteiger partial charge in [0, 0.05) is 4.88 Å². The van der Waals surface area contributed by atoms with E-state index in [1.807, 2.05) is 25.1 Å². The van der Waals surface area contributed by atoms with Crippen molar-refractivity contribution in [1.82, 2.24) is 0 Å². The molecular formula is C24H25NO3S2. The van der Waals surface area contributed by atoms with Crippen molar-refractivity contribution in [2.24, 2.45) is 0 Å². The van der Waals surface area contributed by atoms with E-state index in [0.29, 0.717) is 5.75 Å². The number of sulfonamides is 1. The Hall–Kier alpha value is -2.57. The maximum absolute atomic E-state index is 13.9. The van der Waals surface area contributed by atoms with Crippen LogP contribution in [-0.2, 0) is 16.4 Å². The maximum Gasteiger partial charge on any atom is 0.265 e. The molecule has 30 heavy (non-hydrogen) atoms. The molecule has 1 aromatic heterocycles. The van der Waals surface area contributed by atoms with Crippen molar-refractivity contribution in [3.63, 3.8) is 0 Å². The zero-order valence-corrected chi connectivity index (χ0v) is 19.2. The predicted octanol–water partition coefficient (Wildman–Crippen LogP) is 6.12. The first-order valence-electron chi connectivity index (χ1n) is 9.85. The van der Waals surface area contributed by atoms with Gasteiger partial charge in [-0.2, -0.15) is 0 Å². The SMILES string of the molecule is C=C(C)C1c2ccc(C)cc2-c2sc(CC)cc2N1S(=O)(=O)c1ccc(OC)cc1. The van der Waals surface area contributed by atoms with Gasteiger partial charge in [-0.25, -0.2) is 8.42 Å². The van der Waals surface area contributed by atoms with Crippen LogP contribution in [0.5, 0.6) is 5.75 Å². The number of nitrogens with zero attached hydrogens (tertiary/aromatic N) is 1. The highest BCUT2D eigenvalue weighted by Crippen LogP contribution is 2.53. The molecule has 0 bridgehead atoms. The maximum atomic E-state index is 13.9. The number of aryl methyl sites for hydroxylation is 2. The van der Waals surface area contributed by atoms with E-state index in [0.717, 1.165) is 44.1 Å². The molecule has 0 aliphatic carbocycles. The van der Waals surface area contributed by atoms with Gasteiger partial charge >= 0.3 is 0 Å². The lowest BCUT2D eigenvalue weighted by atomic mass is 9.90. The first-order valence-corrected chi connectivity index (χ1v) is 12.1. The van der Waals surface area contributed by atoms with E-state index in [1.165, 1.54) is 0 Å². The highest BCUT2D eigenvalue weighted by Gasteiger charge is 2.40. The average Bonchev–Trinajstić information content (AvgIpc) is 3.16. The van der Waals surface area contributed by atoms with Gasteiger partial charge in [-0.05, 0) is 61.7 Å². The predicted molar refractivity (Wildman–Crippen MR) is 124 cm³/mol. The molecule has 0 fully saturated rings. The number of hydrogen-bond acceptors (Lipinski definition) is 4. The number of anilines is 1. The van der Waals surface area contributed by atoms with E-state index in [1.54, 1.807) is 47.0 Å². The fourth-order valence-corrected chi connectivity index (χ4v) is 6.79. The lowest BCUT2D eigenvalue weighted by Gasteiger charge is -2.38. The summed E-state index contributed by atoms with van der Waals surface area (Å²) in [7, 11) is -2.26. The van der Waals surface area contributed by atoms with E-state index >= 15 is 0 Å². The number of benzene rings is 2. The zero-order chi connectivity index (χ0) is 21.6. The Labute approximate surface area is 182 Å². The summed E-state index contributed by atoms with van der Waals surface area (Å²) in [4.78, 5) is 2.39. The van der Waals surface area contributed by atoms with Crippen LogP contribution < -0.4 is 9.04 Å². The second-order valence-electron chi connectivity index (χ2n) is 7.60. The van der Waals surface area contributed by atoms with Gasteiger partial charge in [0.15, 0.2) is 0 Å². The van der Waals surface area contributed by atoms with Crippen LogP contribution in [0, 0.1) is 6.92 Å². The van der Waals surface area contributed by atoms with Crippen molar-refractivity contribution in [3.05, 3.63) is 76.7 Å². The minimum Gasteiger partial charge on any atom is -0.497 e. The third-order valence-corrected chi connectivity index (χ3v) is 8.51. The molecule has 0 N–H and O–H groups in total. The van der Waals surface area contributed by atoms with E-state index in [4.69, 9.17) is 4.74 Å². The molecule has 156 valence electrons. The lowest BCUT2D eigenvalue weighted by molar-refractivity contribution is 0.414. The molecule has 0 saturated heterocycles. The van der Waals surface area contributed by atoms with Gasteiger partial charge in [-0.1, -0.05) is 42.8 Å². The Bertz CT molecular complexity index is 1220. The number of rotatable bonds is 5. The van der Waals surface area contributed by atoms with Crippen molar-refractivity contribution in [2.75, 3.05) is 11.4 Å². The number of ether oxygens (including phenoxy) is 1.